The van der Waals surface area contributed by atoms with E-state index in [0.717, 1.165) is 0 Å². The van der Waals surface area contributed by atoms with Crippen molar-refractivity contribution >= 4 is 5.95 Å². The molecule has 0 bridgehead atoms. The Bertz CT molecular complexity index is 851. The van der Waals surface area contributed by atoms with E-state index in [1.54, 1.807) is 30.3 Å². The van der Waals surface area contributed by atoms with Gasteiger partial charge in [-0.3, -0.25) is 0 Å². The number of phenolic OH excluding ortho intramolecular Hbond substituents is 1. The van der Waals surface area contributed by atoms with Crippen LogP contribution in [0.15, 0.2) is 48.5 Å². The summed E-state index contributed by atoms with van der Waals surface area (Å²) in [4.78, 5) is 8.32. The molecule has 23 heavy (non-hydrogen) atoms. The van der Waals surface area contributed by atoms with E-state index in [1.807, 2.05) is 0 Å². The number of halogens is 1. The van der Waals surface area contributed by atoms with Crippen molar-refractivity contribution in [2.75, 3.05) is 12.8 Å². The quantitative estimate of drug-likeness (QED) is 0.776. The van der Waals surface area contributed by atoms with Crippen LogP contribution in [0.4, 0.5) is 10.3 Å². The molecule has 0 saturated heterocycles. The van der Waals surface area contributed by atoms with E-state index in [9.17, 15) is 9.50 Å². The smallest absolute Gasteiger partial charge is 0.221 e. The van der Waals surface area contributed by atoms with E-state index in [1.165, 1.54) is 25.3 Å². The number of hydrogen-bond acceptors (Lipinski definition) is 5. The lowest BCUT2D eigenvalue weighted by atomic mass is 10.1. The molecular weight excluding hydrogens is 297 g/mol. The van der Waals surface area contributed by atoms with Gasteiger partial charge in [-0.05, 0) is 48.5 Å². The summed E-state index contributed by atoms with van der Waals surface area (Å²) in [6.45, 7) is 0. The fraction of sp³-hybridized carbons (Fsp3) is 0.0588. The van der Waals surface area contributed by atoms with Crippen molar-refractivity contribution in [2.24, 2.45) is 0 Å². The Labute approximate surface area is 132 Å². The second-order valence-electron chi connectivity index (χ2n) is 4.89. The lowest BCUT2D eigenvalue weighted by Crippen LogP contribution is -1.99. The summed E-state index contributed by atoms with van der Waals surface area (Å²) in [5.41, 5.74) is 7.94. The van der Waals surface area contributed by atoms with Crippen molar-refractivity contribution in [3.63, 3.8) is 0 Å². The number of benzene rings is 2. The first-order valence-electron chi connectivity index (χ1n) is 6.84. The van der Waals surface area contributed by atoms with Gasteiger partial charge in [0.1, 0.15) is 17.3 Å². The van der Waals surface area contributed by atoms with Gasteiger partial charge in [0.2, 0.25) is 5.95 Å². The summed E-state index contributed by atoms with van der Waals surface area (Å²) < 4.78 is 18.2. The van der Waals surface area contributed by atoms with Gasteiger partial charge in [-0.2, -0.15) is 0 Å². The highest BCUT2D eigenvalue weighted by Gasteiger charge is 2.11. The van der Waals surface area contributed by atoms with Crippen LogP contribution < -0.4 is 10.5 Å². The topological polar surface area (TPSA) is 81.3 Å². The fourth-order valence-corrected chi connectivity index (χ4v) is 2.22. The number of nitrogens with two attached hydrogens (primary N) is 1. The first-order valence-corrected chi connectivity index (χ1v) is 6.84. The van der Waals surface area contributed by atoms with Gasteiger partial charge < -0.3 is 15.6 Å². The number of ether oxygens (including phenoxy) is 1. The monoisotopic (exact) mass is 311 g/mol. The number of methoxy groups -OCH3 is 1. The molecule has 0 aliphatic carbocycles. The highest BCUT2D eigenvalue weighted by molar-refractivity contribution is 5.73. The maximum Gasteiger partial charge on any atom is 0.221 e. The molecule has 0 atom stereocenters. The molecular formula is C17H14FN3O2. The number of hydrogen-bond donors (Lipinski definition) is 2. The zero-order chi connectivity index (χ0) is 16.4. The molecule has 0 radical (unpaired) electrons. The summed E-state index contributed by atoms with van der Waals surface area (Å²) in [5.74, 6) is 0.359. The van der Waals surface area contributed by atoms with Crippen LogP contribution in [0.5, 0.6) is 11.5 Å². The van der Waals surface area contributed by atoms with Gasteiger partial charge in [0, 0.05) is 11.1 Å². The molecule has 3 rings (SSSR count). The number of nitrogens with zero attached hydrogens (tertiary/aromatic N) is 2. The average molecular weight is 311 g/mol. The Morgan fingerprint density at radius 2 is 1.70 bits per heavy atom. The summed E-state index contributed by atoms with van der Waals surface area (Å²) in [5, 5.41) is 10.1. The van der Waals surface area contributed by atoms with Crippen LogP contribution in [0.3, 0.4) is 0 Å². The van der Waals surface area contributed by atoms with Crippen molar-refractivity contribution in [2.45, 2.75) is 0 Å². The van der Waals surface area contributed by atoms with Crippen LogP contribution in [0.1, 0.15) is 0 Å². The standard InChI is InChI=1S/C17H14FN3O2/c1-23-12-6-7-16(22)13(8-12)15-9-14(20-17(19)21-15)10-2-4-11(18)5-3-10/h2-9,22H,1H3,(H2,19,20,21). The summed E-state index contributed by atoms with van der Waals surface area (Å²) in [6, 6.07) is 12.4. The zero-order valence-electron chi connectivity index (χ0n) is 12.3. The summed E-state index contributed by atoms with van der Waals surface area (Å²) >= 11 is 0. The molecule has 3 N–H and O–H groups in total. The minimum Gasteiger partial charge on any atom is -0.507 e. The Morgan fingerprint density at radius 1 is 1.00 bits per heavy atom. The van der Waals surface area contributed by atoms with Gasteiger partial charge in [0.15, 0.2) is 0 Å². The zero-order valence-corrected chi connectivity index (χ0v) is 12.3. The predicted octanol–water partition coefficient (Wildman–Crippen LogP) is 3.25. The number of phenols is 1. The maximum atomic E-state index is 13.1. The van der Waals surface area contributed by atoms with Crippen LogP contribution in [0.2, 0.25) is 0 Å². The van der Waals surface area contributed by atoms with Gasteiger partial charge in [-0.25, -0.2) is 14.4 Å². The third-order valence-electron chi connectivity index (χ3n) is 3.36. The molecule has 116 valence electrons. The summed E-state index contributed by atoms with van der Waals surface area (Å²) in [6.07, 6.45) is 0. The van der Waals surface area contributed by atoms with E-state index >= 15 is 0 Å². The van der Waals surface area contributed by atoms with Crippen molar-refractivity contribution in [3.8, 4) is 34.0 Å². The van der Waals surface area contributed by atoms with Crippen molar-refractivity contribution in [1.82, 2.24) is 9.97 Å². The number of anilines is 1. The van der Waals surface area contributed by atoms with Gasteiger partial charge >= 0.3 is 0 Å². The summed E-state index contributed by atoms with van der Waals surface area (Å²) in [7, 11) is 1.54. The first-order chi connectivity index (χ1) is 11.1. The first kappa shape index (κ1) is 14.8. The van der Waals surface area contributed by atoms with Crippen molar-refractivity contribution < 1.29 is 14.2 Å². The highest BCUT2D eigenvalue weighted by Crippen LogP contribution is 2.33. The molecule has 0 spiro atoms. The molecule has 0 saturated carbocycles. The maximum absolute atomic E-state index is 13.1. The normalized spacial score (nSPS) is 10.5. The molecule has 3 aromatic rings. The third kappa shape index (κ3) is 3.06. The predicted molar refractivity (Wildman–Crippen MR) is 85.5 cm³/mol. The molecule has 1 aromatic heterocycles. The number of nitrogen functional groups attached to an aromatic ring is 1. The molecule has 6 heteroatoms. The minimum absolute atomic E-state index is 0.0500. The second kappa shape index (κ2) is 5.92. The van der Waals surface area contributed by atoms with Crippen LogP contribution >= 0.6 is 0 Å². The highest BCUT2D eigenvalue weighted by atomic mass is 19.1. The minimum atomic E-state index is -0.332. The largest absolute Gasteiger partial charge is 0.507 e. The van der Waals surface area contributed by atoms with E-state index < -0.39 is 0 Å². The Hall–Kier alpha value is -3.15. The van der Waals surface area contributed by atoms with E-state index in [2.05, 4.69) is 9.97 Å². The molecule has 0 aliphatic heterocycles. The molecule has 1 heterocycles. The van der Waals surface area contributed by atoms with Crippen LogP contribution in [0, 0.1) is 5.82 Å². The van der Waals surface area contributed by atoms with Crippen molar-refractivity contribution in [3.05, 3.63) is 54.3 Å². The lowest BCUT2D eigenvalue weighted by Gasteiger charge is -2.09. The van der Waals surface area contributed by atoms with E-state index in [-0.39, 0.29) is 17.5 Å². The number of rotatable bonds is 3. The van der Waals surface area contributed by atoms with E-state index in [4.69, 9.17) is 10.5 Å². The molecule has 0 unspecified atom stereocenters. The third-order valence-corrected chi connectivity index (χ3v) is 3.36. The van der Waals surface area contributed by atoms with Gasteiger partial charge in [0.05, 0.1) is 18.5 Å². The second-order valence-corrected chi connectivity index (χ2v) is 4.89. The molecule has 0 aliphatic rings. The Kier molecular flexibility index (Phi) is 3.80. The van der Waals surface area contributed by atoms with Gasteiger partial charge in [-0.1, -0.05) is 0 Å². The van der Waals surface area contributed by atoms with Crippen molar-refractivity contribution in [1.29, 1.82) is 0 Å². The SMILES string of the molecule is COc1ccc(O)c(-c2cc(-c3ccc(F)cc3)nc(N)n2)c1. The Balaban J connectivity index is 2.12. The number of aromatic nitrogens is 2. The Morgan fingerprint density at radius 3 is 2.39 bits per heavy atom. The molecule has 2 aromatic carbocycles. The molecule has 5 nitrogen and oxygen atoms in total. The number of aromatic hydroxyl groups is 1. The average Bonchev–Trinajstić information content (AvgIpc) is 2.55. The van der Waals surface area contributed by atoms with Gasteiger partial charge in [-0.15, -0.1) is 0 Å². The van der Waals surface area contributed by atoms with Crippen LogP contribution in [0.25, 0.3) is 22.5 Å². The van der Waals surface area contributed by atoms with Gasteiger partial charge in [0.25, 0.3) is 0 Å². The fourth-order valence-electron chi connectivity index (χ4n) is 2.22. The van der Waals surface area contributed by atoms with Crippen LogP contribution in [-0.2, 0) is 0 Å². The molecule has 0 fully saturated rings. The molecule has 0 amide bonds. The van der Waals surface area contributed by atoms with E-state index in [0.29, 0.717) is 28.3 Å². The lowest BCUT2D eigenvalue weighted by molar-refractivity contribution is 0.412. The van der Waals surface area contributed by atoms with Crippen LogP contribution in [-0.4, -0.2) is 22.2 Å².